The van der Waals surface area contributed by atoms with Crippen molar-refractivity contribution in [3.05, 3.63) is 94.2 Å². The number of amides is 9. The van der Waals surface area contributed by atoms with E-state index in [1.54, 1.807) is 78.2 Å². The number of carboxylic acid groups (broad SMARTS) is 1. The molecule has 1 aromatic heterocycles. The summed E-state index contributed by atoms with van der Waals surface area (Å²) in [5.74, 6) is -8.92. The zero-order valence-corrected chi connectivity index (χ0v) is 53.0. The number of nitrogens with two attached hydrogens (primary N) is 7. The number of rotatable bonds is 36. The van der Waals surface area contributed by atoms with Gasteiger partial charge in [-0.1, -0.05) is 66.7 Å². The number of benzene rings is 2. The van der Waals surface area contributed by atoms with E-state index in [0.29, 0.717) is 28.8 Å². The van der Waals surface area contributed by atoms with Crippen LogP contribution in [-0.4, -0.2) is 232 Å². The molecular formula is C60H89N19O13S. The molecule has 1 unspecified atom stereocenters. The summed E-state index contributed by atoms with van der Waals surface area (Å²) < 4.78 is 0. The second-order valence-electron chi connectivity index (χ2n) is 22.7. The van der Waals surface area contributed by atoms with Gasteiger partial charge in [0.15, 0.2) is 17.9 Å². The third kappa shape index (κ3) is 23.3. The van der Waals surface area contributed by atoms with Gasteiger partial charge in [-0.05, 0) is 73.9 Å². The van der Waals surface area contributed by atoms with Crippen LogP contribution in [-0.2, 0) is 67.2 Å². The first-order chi connectivity index (χ1) is 44.3. The van der Waals surface area contributed by atoms with Crippen LogP contribution in [0.4, 0.5) is 0 Å². The number of aliphatic imine (C=N–C) groups is 3. The first-order valence-corrected chi connectivity index (χ1v) is 31.3. The molecule has 2 saturated heterocycles. The maximum Gasteiger partial charge on any atom is 0.326 e. The van der Waals surface area contributed by atoms with Crippen molar-refractivity contribution in [1.29, 1.82) is 0 Å². The third-order valence-electron chi connectivity index (χ3n) is 15.7. The molecule has 0 aliphatic carbocycles. The van der Waals surface area contributed by atoms with Crippen molar-refractivity contribution < 1.29 is 63.3 Å². The highest BCUT2D eigenvalue weighted by Crippen LogP contribution is 2.27. The summed E-state index contributed by atoms with van der Waals surface area (Å²) in [7, 11) is 2.63. The highest BCUT2D eigenvalue weighted by molar-refractivity contribution is 7.09. The Balaban J connectivity index is 1.30. The number of nitrogens with zero attached hydrogens (tertiary/aromatic N) is 7. The van der Waals surface area contributed by atoms with Gasteiger partial charge >= 0.3 is 5.97 Å². The van der Waals surface area contributed by atoms with E-state index in [1.807, 2.05) is 0 Å². The van der Waals surface area contributed by atoms with E-state index in [2.05, 4.69) is 41.6 Å². The lowest BCUT2D eigenvalue weighted by Crippen LogP contribution is -2.61. The van der Waals surface area contributed by atoms with Gasteiger partial charge in [-0.3, -0.25) is 58.1 Å². The van der Waals surface area contributed by atoms with Crippen molar-refractivity contribution in [2.24, 2.45) is 55.1 Å². The fourth-order valence-electron chi connectivity index (χ4n) is 10.8. The number of hydrogen-bond acceptors (Lipinski definition) is 17. The molecule has 3 aromatic rings. The molecular weight excluding hydrogens is 1230 g/mol. The Morgan fingerprint density at radius 1 is 0.624 bits per heavy atom. The van der Waals surface area contributed by atoms with Gasteiger partial charge in [0.1, 0.15) is 48.3 Å². The van der Waals surface area contributed by atoms with Crippen molar-refractivity contribution >= 4 is 88.3 Å². The fourth-order valence-corrected chi connectivity index (χ4v) is 11.5. The molecule has 10 atom stereocenters. The number of guanidine groups is 3. The van der Waals surface area contributed by atoms with Crippen molar-refractivity contribution in [3.63, 3.8) is 0 Å². The monoisotopic (exact) mass is 1320 g/mol. The van der Waals surface area contributed by atoms with Crippen LogP contribution < -0.4 is 66.7 Å². The summed E-state index contributed by atoms with van der Waals surface area (Å²) in [5.41, 5.74) is 40.0. The molecule has 9 amide bonds. The van der Waals surface area contributed by atoms with E-state index in [0.717, 1.165) is 14.7 Å². The summed E-state index contributed by atoms with van der Waals surface area (Å²) in [6, 6.07) is 8.75. The lowest BCUT2D eigenvalue weighted by atomic mass is 9.99. The van der Waals surface area contributed by atoms with Crippen molar-refractivity contribution in [2.45, 2.75) is 138 Å². The van der Waals surface area contributed by atoms with Crippen LogP contribution in [0, 0.1) is 0 Å². The second-order valence-corrected chi connectivity index (χ2v) is 23.7. The number of likely N-dealkylation sites (N-methyl/N-ethyl adjacent to an activating group) is 2. The maximum absolute atomic E-state index is 15.0. The molecule has 0 bridgehead atoms. The number of nitrogens with one attached hydrogen (secondary N) is 5. The molecule has 0 spiro atoms. The molecule has 2 fully saturated rings. The Morgan fingerprint density at radius 2 is 1.16 bits per heavy atom. The van der Waals surface area contributed by atoms with Gasteiger partial charge in [-0.25, -0.2) is 4.79 Å². The normalized spacial score (nSPS) is 17.3. The number of aliphatic carboxylic acids is 1. The van der Waals surface area contributed by atoms with Crippen molar-refractivity contribution in [3.8, 4) is 0 Å². The molecule has 2 aromatic carbocycles. The zero-order valence-electron chi connectivity index (χ0n) is 52.2. The summed E-state index contributed by atoms with van der Waals surface area (Å²) in [6.07, 6.45) is -0.177. The first-order valence-electron chi connectivity index (χ1n) is 30.5. The lowest BCUT2D eigenvalue weighted by Gasteiger charge is -2.36. The molecule has 93 heavy (non-hydrogen) atoms. The van der Waals surface area contributed by atoms with Crippen LogP contribution in [0.5, 0.6) is 0 Å². The standard InChI is InChI=1S/C60H89N19O13S/c1-76(45(28-35-14-5-3-6-15-35)52(86)74-41(57(91)92)21-11-25-70-60(66)67)55(89)47(29-36-16-7-4-8-17-36)77(2)53(87)43(34-80)75-50(84)42(31-38-18-13-27-93-38)72-48(82)32-71-51(85)46-30-37(81)33-79(46)56(90)44-22-12-26-78(44)54(88)40(20-10-24-69-59(64)65)73-49(83)39(61)19-9-23-68-58(62)63/h3-8,13-18,27,37,39-47,80-81H,9-12,19-26,28-34,61H2,1-2H3,(H,71,85)(H,72,82)(H,73,83)(H,74,86)(H,75,84)(H,91,92)(H4,62,63,68)(H4,64,65,69)(H4,66,67,70)/t37?,39-,40+,41+,42+,43+,44+,45+,46+,47+/m1/s1. The predicted octanol–water partition coefficient (Wildman–Crippen LogP) is -5.00. The van der Waals surface area contributed by atoms with E-state index in [-0.39, 0.29) is 115 Å². The maximum atomic E-state index is 15.0. The molecule has 5 rings (SSSR count). The summed E-state index contributed by atoms with van der Waals surface area (Å²) in [6.45, 7) is -1.47. The van der Waals surface area contributed by atoms with Gasteiger partial charge in [0.2, 0.25) is 53.2 Å². The number of carbonyl (C=O) groups is 10. The van der Waals surface area contributed by atoms with E-state index < -0.39 is 133 Å². The minimum absolute atomic E-state index is 0.0611. The van der Waals surface area contributed by atoms with Gasteiger partial charge in [0, 0.05) is 77.4 Å². The zero-order chi connectivity index (χ0) is 68.3. The van der Waals surface area contributed by atoms with Crippen molar-refractivity contribution in [2.75, 3.05) is 60.0 Å². The van der Waals surface area contributed by atoms with Crippen LogP contribution in [0.15, 0.2) is 93.2 Å². The van der Waals surface area contributed by atoms with Gasteiger partial charge in [0.05, 0.1) is 25.3 Å². The van der Waals surface area contributed by atoms with Gasteiger partial charge < -0.3 is 102 Å². The molecule has 2 aliphatic heterocycles. The average Bonchev–Trinajstić information content (AvgIpc) is 1.74. The van der Waals surface area contributed by atoms with E-state index in [4.69, 9.17) is 40.1 Å². The summed E-state index contributed by atoms with van der Waals surface area (Å²) >= 11 is 1.25. The number of aliphatic hydroxyl groups excluding tert-OH is 2. The second kappa shape index (κ2) is 37.1. The van der Waals surface area contributed by atoms with Gasteiger partial charge in [0.25, 0.3) is 0 Å². The minimum atomic E-state index is -1.72. The van der Waals surface area contributed by atoms with E-state index in [1.165, 1.54) is 30.3 Å². The van der Waals surface area contributed by atoms with Crippen LogP contribution in [0.25, 0.3) is 0 Å². The minimum Gasteiger partial charge on any atom is -0.480 e. The molecule has 0 radical (unpaired) electrons. The first kappa shape index (κ1) is 74.3. The van der Waals surface area contributed by atoms with Crippen molar-refractivity contribution in [1.82, 2.24) is 46.2 Å². The number of thiophene rings is 1. The largest absolute Gasteiger partial charge is 0.480 e. The SMILES string of the molecule is CN(C(=O)[C@H](CO)NC(=O)[C@H](Cc1cccs1)NC(=O)CNC(=O)[C@@H]1CC(O)CN1C(=O)[C@@H]1CCCN1C(=O)[C@H](CCCN=C(N)N)NC(=O)[C@H](N)CCCN=C(N)N)[C@@H](Cc1ccccc1)C(=O)N(C)[C@@H](Cc1ccccc1)C(=O)N[C@@H](CCCN=C(N)N)C(=O)O. The van der Waals surface area contributed by atoms with Crippen LogP contribution in [0.3, 0.4) is 0 Å². The number of likely N-dealkylation sites (tertiary alicyclic amines) is 2. The molecule has 2 aliphatic rings. The number of β-amino-alcohol motifs (C(OH)–C–C–N with tert-alkyl or cyclic N) is 1. The molecule has 32 nitrogen and oxygen atoms in total. The molecule has 22 N–H and O–H groups in total. The summed E-state index contributed by atoms with van der Waals surface area (Å²) in [5, 5.41) is 46.3. The number of carboxylic acids is 1. The smallest absolute Gasteiger partial charge is 0.326 e. The lowest BCUT2D eigenvalue weighted by molar-refractivity contribution is -0.150. The fraction of sp³-hybridized carbons (Fsp3) is 0.517. The Hall–Kier alpha value is -9.47. The molecule has 508 valence electrons. The Kier molecular flexibility index (Phi) is 29.7. The average molecular weight is 1320 g/mol. The van der Waals surface area contributed by atoms with Crippen LogP contribution in [0.2, 0.25) is 0 Å². The van der Waals surface area contributed by atoms with Crippen LogP contribution in [0.1, 0.15) is 73.8 Å². The third-order valence-corrected chi connectivity index (χ3v) is 16.6. The highest BCUT2D eigenvalue weighted by Gasteiger charge is 2.46. The van der Waals surface area contributed by atoms with Gasteiger partial charge in [-0.2, -0.15) is 0 Å². The number of hydrogen-bond donors (Lipinski definition) is 15. The highest BCUT2D eigenvalue weighted by atomic mass is 32.1. The topological polar surface area (TPSA) is 524 Å². The quantitative estimate of drug-likeness (QED) is 0.0147. The Morgan fingerprint density at radius 3 is 1.71 bits per heavy atom. The number of carbonyl (C=O) groups excluding carboxylic acids is 9. The summed E-state index contributed by atoms with van der Waals surface area (Å²) in [4.78, 5) is 157. The van der Waals surface area contributed by atoms with Crippen LogP contribution >= 0.6 is 11.3 Å². The predicted molar refractivity (Wildman–Crippen MR) is 345 cm³/mol. The van der Waals surface area contributed by atoms with Gasteiger partial charge in [-0.15, -0.1) is 11.3 Å². The van der Waals surface area contributed by atoms with E-state index >= 15 is 0 Å². The molecule has 0 saturated carbocycles. The Bertz CT molecular complexity index is 3100. The molecule has 33 heteroatoms. The Labute approximate surface area is 542 Å². The molecule has 3 heterocycles. The number of aliphatic hydroxyl groups is 2. The van der Waals surface area contributed by atoms with E-state index in [9.17, 15) is 63.3 Å².